The van der Waals surface area contributed by atoms with Crippen molar-refractivity contribution in [2.24, 2.45) is 11.8 Å². The van der Waals surface area contributed by atoms with E-state index in [0.717, 1.165) is 17.5 Å². The summed E-state index contributed by atoms with van der Waals surface area (Å²) in [5, 5.41) is 14.4. The lowest BCUT2D eigenvalue weighted by Gasteiger charge is -2.17. The van der Waals surface area contributed by atoms with E-state index in [4.69, 9.17) is 14.6 Å². The molecule has 8 heteroatoms. The molecule has 2 amide bonds. The van der Waals surface area contributed by atoms with Gasteiger partial charge in [0.05, 0.1) is 6.61 Å². The summed E-state index contributed by atoms with van der Waals surface area (Å²) in [5.41, 5.74) is 4.63. The van der Waals surface area contributed by atoms with E-state index in [-0.39, 0.29) is 50.5 Å². The number of amides is 2. The fraction of sp³-hybridized carbons (Fsp3) is 0.444. The number of fused-ring (bicyclic) bond motifs is 3. The maximum absolute atomic E-state index is 12.2. The second-order valence-electron chi connectivity index (χ2n) is 9.20. The van der Waals surface area contributed by atoms with Gasteiger partial charge in [0.15, 0.2) is 0 Å². The molecule has 2 aromatic rings. The molecule has 2 aromatic carbocycles. The Bertz CT molecular complexity index is 977. The molecule has 1 aliphatic rings. The average Bonchev–Trinajstić information content (AvgIpc) is 3.14. The zero-order chi connectivity index (χ0) is 25.2. The highest BCUT2D eigenvalue weighted by Crippen LogP contribution is 2.44. The first-order chi connectivity index (χ1) is 16.8. The monoisotopic (exact) mass is 482 g/mol. The van der Waals surface area contributed by atoms with Crippen molar-refractivity contribution in [3.63, 3.8) is 0 Å². The van der Waals surface area contributed by atoms with Gasteiger partial charge in [0.2, 0.25) is 5.91 Å². The van der Waals surface area contributed by atoms with Crippen LogP contribution in [0.25, 0.3) is 11.1 Å². The number of aliphatic carboxylic acids is 1. The summed E-state index contributed by atoms with van der Waals surface area (Å²) < 4.78 is 10.8. The zero-order valence-electron chi connectivity index (χ0n) is 20.3. The van der Waals surface area contributed by atoms with E-state index in [1.165, 1.54) is 11.1 Å². The van der Waals surface area contributed by atoms with E-state index in [0.29, 0.717) is 12.5 Å². The maximum atomic E-state index is 12.2. The van der Waals surface area contributed by atoms with Crippen LogP contribution in [0.4, 0.5) is 4.79 Å². The molecule has 3 rings (SSSR count). The lowest BCUT2D eigenvalue weighted by molar-refractivity contribution is -0.138. The summed E-state index contributed by atoms with van der Waals surface area (Å²) in [6.45, 7) is 4.77. The summed E-state index contributed by atoms with van der Waals surface area (Å²) in [4.78, 5) is 35.1. The number of carboxylic acids is 1. The van der Waals surface area contributed by atoms with E-state index in [2.05, 4.69) is 34.9 Å². The van der Waals surface area contributed by atoms with Gasteiger partial charge in [-0.3, -0.25) is 9.59 Å². The molecule has 0 saturated carbocycles. The van der Waals surface area contributed by atoms with Crippen LogP contribution in [0.5, 0.6) is 0 Å². The van der Waals surface area contributed by atoms with Gasteiger partial charge in [-0.25, -0.2) is 4.79 Å². The number of hydrogen-bond acceptors (Lipinski definition) is 5. The van der Waals surface area contributed by atoms with Gasteiger partial charge >= 0.3 is 12.1 Å². The fourth-order valence-corrected chi connectivity index (χ4v) is 4.50. The lowest BCUT2D eigenvalue weighted by Crippen LogP contribution is -2.34. The van der Waals surface area contributed by atoms with Crippen molar-refractivity contribution < 1.29 is 29.0 Å². The Kier molecular flexibility index (Phi) is 9.66. The molecule has 188 valence electrons. The predicted molar refractivity (Wildman–Crippen MR) is 132 cm³/mol. The second-order valence-corrected chi connectivity index (χ2v) is 9.20. The van der Waals surface area contributed by atoms with Crippen LogP contribution in [0.1, 0.15) is 43.7 Å². The van der Waals surface area contributed by atoms with Gasteiger partial charge in [0, 0.05) is 25.4 Å². The van der Waals surface area contributed by atoms with Crippen LogP contribution in [0, 0.1) is 11.8 Å². The third kappa shape index (κ3) is 7.82. The standard InChI is InChI=1S/C27H34N2O6/c1-18(2)13-19(14-26(31)32)15-29-25(30)17-34-12-11-28-27(33)35-16-24-22-9-5-3-7-20(22)21-8-4-6-10-23(21)24/h3-10,18-19,24H,11-17H2,1-2H3,(H,28,33)(H,29,30)(H,31,32)/t19-/m0/s1. The molecule has 1 aliphatic carbocycles. The first kappa shape index (κ1) is 26.2. The zero-order valence-corrected chi connectivity index (χ0v) is 20.3. The largest absolute Gasteiger partial charge is 0.481 e. The summed E-state index contributed by atoms with van der Waals surface area (Å²) >= 11 is 0. The van der Waals surface area contributed by atoms with Crippen molar-refractivity contribution in [1.82, 2.24) is 10.6 Å². The molecular formula is C27H34N2O6. The highest BCUT2D eigenvalue weighted by molar-refractivity contribution is 5.79. The van der Waals surface area contributed by atoms with Gasteiger partial charge in [0.1, 0.15) is 13.2 Å². The Labute approximate surface area is 206 Å². The Morgan fingerprint density at radius 3 is 2.20 bits per heavy atom. The van der Waals surface area contributed by atoms with Crippen LogP contribution < -0.4 is 10.6 Å². The molecule has 0 spiro atoms. The number of carbonyl (C=O) groups excluding carboxylic acids is 2. The van der Waals surface area contributed by atoms with Crippen molar-refractivity contribution in [3.05, 3.63) is 59.7 Å². The molecule has 0 aromatic heterocycles. The van der Waals surface area contributed by atoms with Crippen LogP contribution in [-0.2, 0) is 19.1 Å². The fourth-order valence-electron chi connectivity index (χ4n) is 4.50. The van der Waals surface area contributed by atoms with Crippen LogP contribution >= 0.6 is 0 Å². The van der Waals surface area contributed by atoms with Gasteiger partial charge in [-0.1, -0.05) is 62.4 Å². The number of alkyl carbamates (subject to hydrolysis) is 1. The summed E-state index contributed by atoms with van der Waals surface area (Å²) in [6, 6.07) is 16.3. The van der Waals surface area contributed by atoms with Crippen molar-refractivity contribution in [2.45, 2.75) is 32.6 Å². The smallest absolute Gasteiger partial charge is 0.407 e. The molecule has 1 atom stereocenters. The molecule has 0 saturated heterocycles. The Morgan fingerprint density at radius 1 is 0.971 bits per heavy atom. The predicted octanol–water partition coefficient (Wildman–Crippen LogP) is 3.79. The molecule has 0 aliphatic heterocycles. The summed E-state index contributed by atoms with van der Waals surface area (Å²) in [5.74, 6) is -0.970. The number of benzene rings is 2. The molecule has 3 N–H and O–H groups in total. The first-order valence-corrected chi connectivity index (χ1v) is 12.0. The molecule has 0 unspecified atom stereocenters. The van der Waals surface area contributed by atoms with Crippen LogP contribution in [0.15, 0.2) is 48.5 Å². The van der Waals surface area contributed by atoms with E-state index >= 15 is 0 Å². The van der Waals surface area contributed by atoms with E-state index < -0.39 is 12.1 Å². The van der Waals surface area contributed by atoms with Crippen molar-refractivity contribution >= 4 is 18.0 Å². The van der Waals surface area contributed by atoms with Gasteiger partial charge in [-0.15, -0.1) is 0 Å². The van der Waals surface area contributed by atoms with Gasteiger partial charge < -0.3 is 25.2 Å². The Balaban J connectivity index is 1.33. The second kappa shape index (κ2) is 12.9. The first-order valence-electron chi connectivity index (χ1n) is 12.0. The van der Waals surface area contributed by atoms with Crippen molar-refractivity contribution in [2.75, 3.05) is 32.9 Å². The molecule has 0 heterocycles. The van der Waals surface area contributed by atoms with Gasteiger partial charge in [-0.2, -0.15) is 0 Å². The molecular weight excluding hydrogens is 448 g/mol. The summed E-state index contributed by atoms with van der Waals surface area (Å²) in [7, 11) is 0. The quantitative estimate of drug-likeness (QED) is 0.374. The lowest BCUT2D eigenvalue weighted by atomic mass is 9.94. The topological polar surface area (TPSA) is 114 Å². The minimum atomic E-state index is -0.875. The third-order valence-electron chi connectivity index (χ3n) is 5.95. The highest BCUT2D eigenvalue weighted by Gasteiger charge is 2.28. The molecule has 0 fully saturated rings. The number of carbonyl (C=O) groups is 3. The SMILES string of the molecule is CC(C)C[C@H](CNC(=O)COCCNC(=O)OCC1c2ccccc2-c2ccccc21)CC(=O)O. The minimum Gasteiger partial charge on any atom is -0.481 e. The number of carboxylic acid groups (broad SMARTS) is 1. The molecule has 8 nitrogen and oxygen atoms in total. The molecule has 0 radical (unpaired) electrons. The number of ether oxygens (including phenoxy) is 2. The highest BCUT2D eigenvalue weighted by atomic mass is 16.5. The van der Waals surface area contributed by atoms with E-state index in [9.17, 15) is 14.4 Å². The van der Waals surface area contributed by atoms with Crippen LogP contribution in [0.2, 0.25) is 0 Å². The van der Waals surface area contributed by atoms with Crippen LogP contribution in [0.3, 0.4) is 0 Å². The Hall–Kier alpha value is -3.39. The number of rotatable bonds is 13. The minimum absolute atomic E-state index is 0.00579. The number of nitrogens with one attached hydrogen (secondary N) is 2. The van der Waals surface area contributed by atoms with Gasteiger partial charge in [-0.05, 0) is 40.5 Å². The van der Waals surface area contributed by atoms with E-state index in [1.54, 1.807) is 0 Å². The molecule has 0 bridgehead atoms. The Morgan fingerprint density at radius 2 is 1.60 bits per heavy atom. The normalized spacial score (nSPS) is 13.1. The van der Waals surface area contributed by atoms with Crippen LogP contribution in [-0.4, -0.2) is 56.0 Å². The average molecular weight is 483 g/mol. The van der Waals surface area contributed by atoms with Crippen molar-refractivity contribution in [3.8, 4) is 11.1 Å². The summed E-state index contributed by atoms with van der Waals surface area (Å²) in [6.07, 6.45) is 0.200. The molecule has 35 heavy (non-hydrogen) atoms. The van der Waals surface area contributed by atoms with Gasteiger partial charge in [0.25, 0.3) is 0 Å². The van der Waals surface area contributed by atoms with E-state index in [1.807, 2.05) is 38.1 Å². The third-order valence-corrected chi connectivity index (χ3v) is 5.95. The van der Waals surface area contributed by atoms with Crippen molar-refractivity contribution in [1.29, 1.82) is 0 Å². The number of hydrogen-bond donors (Lipinski definition) is 3. The maximum Gasteiger partial charge on any atom is 0.407 e.